The van der Waals surface area contributed by atoms with Gasteiger partial charge in [0, 0.05) is 37.5 Å². The number of hydrogen-bond acceptors (Lipinski definition) is 6. The molecule has 0 aliphatic carbocycles. The fourth-order valence-corrected chi connectivity index (χ4v) is 2.98. The van der Waals surface area contributed by atoms with E-state index in [1.165, 1.54) is 5.56 Å². The van der Waals surface area contributed by atoms with Gasteiger partial charge >= 0.3 is 0 Å². The zero-order chi connectivity index (χ0) is 17.6. The average Bonchev–Trinajstić information content (AvgIpc) is 2.74. The minimum absolute atomic E-state index is 0.695. The van der Waals surface area contributed by atoms with Crippen LogP contribution in [-0.2, 0) is 11.3 Å². The molecule has 1 fully saturated rings. The van der Waals surface area contributed by atoms with E-state index in [2.05, 4.69) is 49.4 Å². The largest absolute Gasteiger partial charge is 0.378 e. The molecule has 1 aliphatic rings. The predicted octanol–water partition coefficient (Wildman–Crippen LogP) is 2.99. The number of pyridine rings is 1. The molecule has 2 aromatic heterocycles. The SMILES string of the molecule is c1ccc(-c2cccc(CNc3cc(N4CCOCC4)ncn3)c2)nc1. The molecule has 1 saturated heterocycles. The van der Waals surface area contributed by atoms with Crippen LogP contribution < -0.4 is 10.2 Å². The van der Waals surface area contributed by atoms with Gasteiger partial charge in [-0.15, -0.1) is 0 Å². The number of nitrogens with zero attached hydrogens (tertiary/aromatic N) is 4. The van der Waals surface area contributed by atoms with E-state index in [1.807, 2.05) is 30.5 Å². The van der Waals surface area contributed by atoms with Gasteiger partial charge in [-0.05, 0) is 23.8 Å². The molecule has 0 spiro atoms. The van der Waals surface area contributed by atoms with Crippen molar-refractivity contribution in [1.29, 1.82) is 0 Å². The number of benzene rings is 1. The molecule has 0 unspecified atom stereocenters. The molecule has 1 aliphatic heterocycles. The Kier molecular flexibility index (Phi) is 5.02. The molecule has 0 atom stereocenters. The van der Waals surface area contributed by atoms with Crippen molar-refractivity contribution >= 4 is 11.6 Å². The van der Waals surface area contributed by atoms with Gasteiger partial charge in [0.15, 0.2) is 0 Å². The van der Waals surface area contributed by atoms with E-state index in [4.69, 9.17) is 4.74 Å². The third-order valence-electron chi connectivity index (χ3n) is 4.35. The second kappa shape index (κ2) is 7.93. The molecule has 3 heterocycles. The van der Waals surface area contributed by atoms with Gasteiger partial charge in [-0.3, -0.25) is 4.98 Å². The summed E-state index contributed by atoms with van der Waals surface area (Å²) in [4.78, 5) is 15.4. The van der Waals surface area contributed by atoms with E-state index in [0.29, 0.717) is 6.54 Å². The van der Waals surface area contributed by atoms with Crippen LogP contribution >= 0.6 is 0 Å². The summed E-state index contributed by atoms with van der Waals surface area (Å²) in [6, 6.07) is 16.3. The lowest BCUT2D eigenvalue weighted by molar-refractivity contribution is 0.122. The second-order valence-corrected chi connectivity index (χ2v) is 6.13. The Hall–Kier alpha value is -2.99. The van der Waals surface area contributed by atoms with E-state index in [9.17, 15) is 0 Å². The van der Waals surface area contributed by atoms with Crippen LogP contribution in [0.4, 0.5) is 11.6 Å². The van der Waals surface area contributed by atoms with Crippen molar-refractivity contribution in [3.8, 4) is 11.3 Å². The first kappa shape index (κ1) is 16.5. The van der Waals surface area contributed by atoms with Crippen molar-refractivity contribution < 1.29 is 4.74 Å². The van der Waals surface area contributed by atoms with Crippen molar-refractivity contribution in [3.63, 3.8) is 0 Å². The smallest absolute Gasteiger partial charge is 0.134 e. The second-order valence-electron chi connectivity index (χ2n) is 6.13. The quantitative estimate of drug-likeness (QED) is 0.765. The van der Waals surface area contributed by atoms with E-state index in [1.54, 1.807) is 6.33 Å². The highest BCUT2D eigenvalue weighted by molar-refractivity contribution is 5.60. The molecule has 1 N–H and O–H groups in total. The summed E-state index contributed by atoms with van der Waals surface area (Å²) in [7, 11) is 0. The average molecular weight is 347 g/mol. The minimum Gasteiger partial charge on any atom is -0.378 e. The van der Waals surface area contributed by atoms with Crippen LogP contribution in [0, 0.1) is 0 Å². The molecular weight excluding hydrogens is 326 g/mol. The lowest BCUT2D eigenvalue weighted by Crippen LogP contribution is -2.36. The van der Waals surface area contributed by atoms with Crippen molar-refractivity contribution in [2.24, 2.45) is 0 Å². The highest BCUT2D eigenvalue weighted by Gasteiger charge is 2.13. The van der Waals surface area contributed by atoms with Crippen LogP contribution in [0.5, 0.6) is 0 Å². The Balaban J connectivity index is 1.44. The summed E-state index contributed by atoms with van der Waals surface area (Å²) in [5, 5.41) is 3.39. The number of hydrogen-bond donors (Lipinski definition) is 1. The van der Waals surface area contributed by atoms with E-state index >= 15 is 0 Å². The fourth-order valence-electron chi connectivity index (χ4n) is 2.98. The van der Waals surface area contributed by atoms with Gasteiger partial charge in [-0.2, -0.15) is 0 Å². The summed E-state index contributed by atoms with van der Waals surface area (Å²) in [5.74, 6) is 1.76. The van der Waals surface area contributed by atoms with Gasteiger partial charge in [0.1, 0.15) is 18.0 Å². The molecule has 0 saturated carbocycles. The minimum atomic E-state index is 0.695. The molecule has 0 bridgehead atoms. The van der Waals surface area contributed by atoms with Gasteiger partial charge in [0.2, 0.25) is 0 Å². The van der Waals surface area contributed by atoms with Crippen LogP contribution in [0.15, 0.2) is 61.1 Å². The van der Waals surface area contributed by atoms with Gasteiger partial charge in [0.25, 0.3) is 0 Å². The maximum atomic E-state index is 5.40. The first-order chi connectivity index (χ1) is 12.9. The van der Waals surface area contributed by atoms with Crippen molar-refractivity contribution in [1.82, 2.24) is 15.0 Å². The maximum absolute atomic E-state index is 5.40. The lowest BCUT2D eigenvalue weighted by Gasteiger charge is -2.27. The monoisotopic (exact) mass is 347 g/mol. The summed E-state index contributed by atoms with van der Waals surface area (Å²) < 4.78 is 5.40. The standard InChI is InChI=1S/C20H21N5O/c1-2-7-21-18(6-1)17-5-3-4-16(12-17)14-22-19-13-20(24-15-23-19)25-8-10-26-11-9-25/h1-7,12-13,15H,8-11,14H2,(H,22,23,24). The van der Waals surface area contributed by atoms with Crippen LogP contribution in [0.3, 0.4) is 0 Å². The Labute approximate surface area is 152 Å². The van der Waals surface area contributed by atoms with Crippen LogP contribution in [0.2, 0.25) is 0 Å². The third kappa shape index (κ3) is 3.97. The summed E-state index contributed by atoms with van der Waals surface area (Å²) >= 11 is 0. The summed E-state index contributed by atoms with van der Waals surface area (Å²) in [6.45, 7) is 3.91. The molecule has 26 heavy (non-hydrogen) atoms. The lowest BCUT2D eigenvalue weighted by atomic mass is 10.1. The first-order valence-corrected chi connectivity index (χ1v) is 8.77. The number of nitrogens with one attached hydrogen (secondary N) is 1. The van der Waals surface area contributed by atoms with E-state index in [-0.39, 0.29) is 0 Å². The molecule has 0 radical (unpaired) electrons. The van der Waals surface area contributed by atoms with Gasteiger partial charge < -0.3 is 15.0 Å². The van der Waals surface area contributed by atoms with Crippen LogP contribution in [-0.4, -0.2) is 41.3 Å². The maximum Gasteiger partial charge on any atom is 0.134 e. The van der Waals surface area contributed by atoms with Gasteiger partial charge in [-0.1, -0.05) is 24.3 Å². The summed E-state index contributed by atoms with van der Waals surface area (Å²) in [6.07, 6.45) is 3.42. The Morgan fingerprint density at radius 3 is 2.73 bits per heavy atom. The predicted molar refractivity (Wildman–Crippen MR) is 102 cm³/mol. The highest BCUT2D eigenvalue weighted by Crippen LogP contribution is 2.19. The van der Waals surface area contributed by atoms with Crippen LogP contribution in [0.1, 0.15) is 5.56 Å². The highest BCUT2D eigenvalue weighted by atomic mass is 16.5. The van der Waals surface area contributed by atoms with E-state index in [0.717, 1.165) is 49.2 Å². The number of rotatable bonds is 5. The van der Waals surface area contributed by atoms with Gasteiger partial charge in [-0.25, -0.2) is 9.97 Å². The van der Waals surface area contributed by atoms with Crippen molar-refractivity contribution in [2.75, 3.05) is 36.5 Å². The summed E-state index contributed by atoms with van der Waals surface area (Å²) in [5.41, 5.74) is 3.27. The Morgan fingerprint density at radius 2 is 1.88 bits per heavy atom. The first-order valence-electron chi connectivity index (χ1n) is 8.77. The van der Waals surface area contributed by atoms with Crippen molar-refractivity contribution in [2.45, 2.75) is 6.54 Å². The normalized spacial score (nSPS) is 14.2. The van der Waals surface area contributed by atoms with E-state index < -0.39 is 0 Å². The Bertz CT molecular complexity index is 850. The number of aromatic nitrogens is 3. The molecule has 132 valence electrons. The Morgan fingerprint density at radius 1 is 0.962 bits per heavy atom. The zero-order valence-corrected chi connectivity index (χ0v) is 14.5. The molecule has 4 rings (SSSR count). The molecule has 6 heteroatoms. The number of anilines is 2. The topological polar surface area (TPSA) is 63.2 Å². The zero-order valence-electron chi connectivity index (χ0n) is 14.5. The molecule has 6 nitrogen and oxygen atoms in total. The third-order valence-corrected chi connectivity index (χ3v) is 4.35. The fraction of sp³-hybridized carbons (Fsp3) is 0.250. The molecule has 1 aromatic carbocycles. The number of morpholine rings is 1. The van der Waals surface area contributed by atoms with Crippen LogP contribution in [0.25, 0.3) is 11.3 Å². The van der Waals surface area contributed by atoms with Gasteiger partial charge in [0.05, 0.1) is 18.9 Å². The molecule has 0 amide bonds. The molecular formula is C20H21N5O. The number of ether oxygens (including phenoxy) is 1. The molecule has 3 aromatic rings. The van der Waals surface area contributed by atoms with Crippen molar-refractivity contribution in [3.05, 3.63) is 66.6 Å².